The second kappa shape index (κ2) is 6.23. The van der Waals surface area contributed by atoms with E-state index in [-0.39, 0.29) is 5.91 Å². The van der Waals surface area contributed by atoms with Crippen molar-refractivity contribution in [3.63, 3.8) is 0 Å². The molecule has 0 aliphatic carbocycles. The maximum Gasteiger partial charge on any atom is 0.221 e. The van der Waals surface area contributed by atoms with Crippen LogP contribution in [-0.4, -0.2) is 5.91 Å². The number of aryl methyl sites for hydroxylation is 1. The Hall–Kier alpha value is -1.31. The topological polar surface area (TPSA) is 29.1 Å². The van der Waals surface area contributed by atoms with Crippen molar-refractivity contribution < 1.29 is 4.79 Å². The van der Waals surface area contributed by atoms with Crippen molar-refractivity contribution in [1.29, 1.82) is 0 Å². The number of carbonyl (C=O) groups is 1. The zero-order valence-corrected chi connectivity index (χ0v) is 9.55. The second-order valence-electron chi connectivity index (χ2n) is 3.84. The van der Waals surface area contributed by atoms with Crippen LogP contribution in [0.25, 0.3) is 0 Å². The van der Waals surface area contributed by atoms with E-state index < -0.39 is 0 Å². The number of benzene rings is 1. The lowest BCUT2D eigenvalue weighted by Crippen LogP contribution is -2.05. The van der Waals surface area contributed by atoms with Gasteiger partial charge in [-0.25, -0.2) is 0 Å². The third-order valence-corrected chi connectivity index (χ3v) is 2.32. The fourth-order valence-electron chi connectivity index (χ4n) is 1.59. The standard InChI is InChI=1S/C13H19NO/c1-3-4-5-7-12-8-6-9-13(10-12)14-11(2)15/h6,8-10H,3-5,7H2,1-2H3,(H,14,15). The maximum atomic E-state index is 10.9. The smallest absolute Gasteiger partial charge is 0.221 e. The summed E-state index contributed by atoms with van der Waals surface area (Å²) in [6, 6.07) is 8.08. The number of hydrogen-bond acceptors (Lipinski definition) is 1. The van der Waals surface area contributed by atoms with Crippen molar-refractivity contribution in [2.24, 2.45) is 0 Å². The molecule has 15 heavy (non-hydrogen) atoms. The molecule has 0 saturated carbocycles. The summed E-state index contributed by atoms with van der Waals surface area (Å²) < 4.78 is 0. The highest BCUT2D eigenvalue weighted by molar-refractivity contribution is 5.88. The molecule has 0 aliphatic rings. The molecule has 0 aliphatic heterocycles. The number of anilines is 1. The van der Waals surface area contributed by atoms with Crippen molar-refractivity contribution in [1.82, 2.24) is 0 Å². The van der Waals surface area contributed by atoms with Gasteiger partial charge in [-0.05, 0) is 30.5 Å². The van der Waals surface area contributed by atoms with Crippen molar-refractivity contribution >= 4 is 11.6 Å². The van der Waals surface area contributed by atoms with E-state index in [0.29, 0.717) is 0 Å². The predicted molar refractivity (Wildman–Crippen MR) is 64.0 cm³/mol. The summed E-state index contributed by atoms with van der Waals surface area (Å²) in [6.45, 7) is 3.73. The minimum atomic E-state index is -0.0132. The van der Waals surface area contributed by atoms with Crippen molar-refractivity contribution in [3.05, 3.63) is 29.8 Å². The first kappa shape index (κ1) is 11.8. The van der Waals surface area contributed by atoms with Crippen LogP contribution in [0.5, 0.6) is 0 Å². The monoisotopic (exact) mass is 205 g/mol. The molecule has 0 bridgehead atoms. The molecule has 2 heteroatoms. The van der Waals surface area contributed by atoms with Crippen LogP contribution in [0.1, 0.15) is 38.7 Å². The molecule has 1 amide bonds. The summed E-state index contributed by atoms with van der Waals surface area (Å²) >= 11 is 0. The van der Waals surface area contributed by atoms with Crippen molar-refractivity contribution in [3.8, 4) is 0 Å². The van der Waals surface area contributed by atoms with Crippen molar-refractivity contribution in [2.45, 2.75) is 39.5 Å². The van der Waals surface area contributed by atoms with E-state index in [1.165, 1.54) is 31.7 Å². The van der Waals surface area contributed by atoms with Crippen LogP contribution in [-0.2, 0) is 11.2 Å². The van der Waals surface area contributed by atoms with Crippen molar-refractivity contribution in [2.75, 3.05) is 5.32 Å². The zero-order chi connectivity index (χ0) is 11.1. The van der Waals surface area contributed by atoms with E-state index in [9.17, 15) is 4.79 Å². The largest absolute Gasteiger partial charge is 0.326 e. The average molecular weight is 205 g/mol. The summed E-state index contributed by atoms with van der Waals surface area (Å²) in [5.74, 6) is -0.0132. The molecule has 0 unspecified atom stereocenters. The van der Waals surface area contributed by atoms with E-state index >= 15 is 0 Å². The van der Waals surface area contributed by atoms with Crippen LogP contribution in [0.3, 0.4) is 0 Å². The van der Waals surface area contributed by atoms with Crippen LogP contribution in [0.2, 0.25) is 0 Å². The summed E-state index contributed by atoms with van der Waals surface area (Å²) in [4.78, 5) is 10.9. The molecular weight excluding hydrogens is 186 g/mol. The molecule has 1 N–H and O–H groups in total. The fourth-order valence-corrected chi connectivity index (χ4v) is 1.59. The minimum Gasteiger partial charge on any atom is -0.326 e. The fraction of sp³-hybridized carbons (Fsp3) is 0.462. The summed E-state index contributed by atoms with van der Waals surface area (Å²) in [5, 5.41) is 2.80. The van der Waals surface area contributed by atoms with E-state index in [1.54, 1.807) is 0 Å². The Labute approximate surface area is 91.7 Å². The van der Waals surface area contributed by atoms with Gasteiger partial charge in [-0.1, -0.05) is 31.9 Å². The predicted octanol–water partition coefficient (Wildman–Crippen LogP) is 3.38. The molecule has 0 spiro atoms. The van der Waals surface area contributed by atoms with E-state index in [4.69, 9.17) is 0 Å². The second-order valence-corrected chi connectivity index (χ2v) is 3.84. The molecule has 0 heterocycles. The van der Waals surface area contributed by atoms with Gasteiger partial charge in [0.1, 0.15) is 0 Å². The first-order valence-corrected chi connectivity index (χ1v) is 5.59. The molecule has 2 nitrogen and oxygen atoms in total. The Bertz CT molecular complexity index is 320. The van der Waals surface area contributed by atoms with Crippen LogP contribution < -0.4 is 5.32 Å². The third-order valence-electron chi connectivity index (χ3n) is 2.32. The highest BCUT2D eigenvalue weighted by Crippen LogP contribution is 2.13. The van der Waals surface area contributed by atoms with Gasteiger partial charge >= 0.3 is 0 Å². The van der Waals surface area contributed by atoms with E-state index in [1.807, 2.05) is 12.1 Å². The van der Waals surface area contributed by atoms with Crippen LogP contribution in [0.15, 0.2) is 24.3 Å². The van der Waals surface area contributed by atoms with Gasteiger partial charge in [0.25, 0.3) is 0 Å². The number of amides is 1. The van der Waals surface area contributed by atoms with E-state index in [2.05, 4.69) is 24.4 Å². The number of rotatable bonds is 5. The highest BCUT2D eigenvalue weighted by Gasteiger charge is 1.97. The lowest BCUT2D eigenvalue weighted by molar-refractivity contribution is -0.114. The Morgan fingerprint density at radius 2 is 2.13 bits per heavy atom. The van der Waals surface area contributed by atoms with Crippen LogP contribution in [0, 0.1) is 0 Å². The quantitative estimate of drug-likeness (QED) is 0.733. The maximum absolute atomic E-state index is 10.9. The average Bonchev–Trinajstić information content (AvgIpc) is 2.18. The van der Waals surface area contributed by atoms with Gasteiger partial charge in [0.15, 0.2) is 0 Å². The van der Waals surface area contributed by atoms with Gasteiger partial charge in [0.05, 0.1) is 0 Å². The summed E-state index contributed by atoms with van der Waals surface area (Å²) in [5.41, 5.74) is 2.20. The lowest BCUT2D eigenvalue weighted by atomic mass is 10.1. The Morgan fingerprint density at radius 3 is 2.80 bits per heavy atom. The van der Waals surface area contributed by atoms with Gasteiger partial charge in [0, 0.05) is 12.6 Å². The number of unbranched alkanes of at least 4 members (excludes halogenated alkanes) is 2. The summed E-state index contributed by atoms with van der Waals surface area (Å²) in [6.07, 6.45) is 4.83. The third kappa shape index (κ3) is 4.63. The number of nitrogens with one attached hydrogen (secondary N) is 1. The van der Waals surface area contributed by atoms with E-state index in [0.717, 1.165) is 12.1 Å². The minimum absolute atomic E-state index is 0.0132. The van der Waals surface area contributed by atoms with Gasteiger partial charge in [0.2, 0.25) is 5.91 Å². The van der Waals surface area contributed by atoms with Crippen LogP contribution in [0.4, 0.5) is 5.69 Å². The van der Waals surface area contributed by atoms with Gasteiger partial charge < -0.3 is 5.32 Å². The molecule has 1 rings (SSSR count). The number of carbonyl (C=O) groups excluding carboxylic acids is 1. The highest BCUT2D eigenvalue weighted by atomic mass is 16.1. The molecule has 1 aromatic rings. The Kier molecular flexibility index (Phi) is 4.88. The van der Waals surface area contributed by atoms with Gasteiger partial charge in [-0.2, -0.15) is 0 Å². The molecule has 0 aromatic heterocycles. The molecule has 0 saturated heterocycles. The normalized spacial score (nSPS) is 10.0. The first-order valence-electron chi connectivity index (χ1n) is 5.59. The molecular formula is C13H19NO. The van der Waals surface area contributed by atoms with Gasteiger partial charge in [-0.15, -0.1) is 0 Å². The van der Waals surface area contributed by atoms with Crippen LogP contribution >= 0.6 is 0 Å². The zero-order valence-electron chi connectivity index (χ0n) is 9.55. The summed E-state index contributed by atoms with van der Waals surface area (Å²) in [7, 11) is 0. The molecule has 0 atom stereocenters. The van der Waals surface area contributed by atoms with Gasteiger partial charge in [-0.3, -0.25) is 4.79 Å². The molecule has 0 radical (unpaired) electrons. The molecule has 0 fully saturated rings. The molecule has 82 valence electrons. The lowest BCUT2D eigenvalue weighted by Gasteiger charge is -2.05. The number of hydrogen-bond donors (Lipinski definition) is 1. The molecule has 1 aromatic carbocycles. The Morgan fingerprint density at radius 1 is 1.33 bits per heavy atom. The SMILES string of the molecule is CCCCCc1cccc(NC(C)=O)c1. The Balaban J connectivity index is 2.53. The first-order chi connectivity index (χ1) is 7.22.